The third-order valence-corrected chi connectivity index (χ3v) is 1.24. The van der Waals surface area contributed by atoms with Crippen LogP contribution in [0.2, 0.25) is 0 Å². The second kappa shape index (κ2) is 2.19. The average molecular weight is 129 g/mol. The fraction of sp³-hybridized carbons (Fsp3) is 0.250. The molecule has 44 valence electrons. The molecule has 0 atom stereocenters. The van der Waals surface area contributed by atoms with Gasteiger partial charge < -0.3 is 5.73 Å². The molecular weight excluding hydrogens is 122 g/mol. The van der Waals surface area contributed by atoms with Gasteiger partial charge in [0.15, 0.2) is 0 Å². The van der Waals surface area contributed by atoms with Gasteiger partial charge in [-0.05, 0) is 0 Å². The van der Waals surface area contributed by atoms with E-state index in [1.54, 1.807) is 16.4 Å². The van der Waals surface area contributed by atoms with Gasteiger partial charge in [0.05, 0.1) is 6.54 Å². The van der Waals surface area contributed by atoms with Gasteiger partial charge in [-0.3, -0.25) is 3.97 Å². The van der Waals surface area contributed by atoms with E-state index in [4.69, 9.17) is 5.73 Å². The molecule has 0 saturated heterocycles. The summed E-state index contributed by atoms with van der Waals surface area (Å²) >= 11 is 4.00. The Hall–Kier alpha value is -0.480. The molecule has 1 aromatic rings. The van der Waals surface area contributed by atoms with Crippen molar-refractivity contribution >= 4 is 12.8 Å². The molecule has 0 aliphatic carbocycles. The summed E-state index contributed by atoms with van der Waals surface area (Å²) in [5, 5.41) is 0. The SMILES string of the molecule is NCc1nccn1S. The molecule has 0 saturated carbocycles. The molecule has 1 rings (SSSR count). The molecule has 0 aliphatic heterocycles. The minimum Gasteiger partial charge on any atom is -0.324 e. The zero-order valence-corrected chi connectivity index (χ0v) is 5.18. The standard InChI is InChI=1S/C4H7N3S/c5-3-4-6-1-2-7(4)8/h1-2,8H,3,5H2. The van der Waals surface area contributed by atoms with Crippen LogP contribution in [0, 0.1) is 0 Å². The molecule has 0 aromatic carbocycles. The summed E-state index contributed by atoms with van der Waals surface area (Å²) in [6, 6.07) is 0. The van der Waals surface area contributed by atoms with Gasteiger partial charge in [0, 0.05) is 12.4 Å². The minimum atomic E-state index is 0.441. The van der Waals surface area contributed by atoms with Crippen LogP contribution < -0.4 is 5.73 Å². The van der Waals surface area contributed by atoms with Crippen LogP contribution >= 0.6 is 12.8 Å². The van der Waals surface area contributed by atoms with Crippen LogP contribution in [0.3, 0.4) is 0 Å². The average Bonchev–Trinajstić information content (AvgIpc) is 2.14. The molecule has 0 unspecified atom stereocenters. The Balaban J connectivity index is 2.92. The zero-order chi connectivity index (χ0) is 5.98. The monoisotopic (exact) mass is 129 g/mol. The van der Waals surface area contributed by atoms with Crippen LogP contribution in [0.5, 0.6) is 0 Å². The number of rotatable bonds is 1. The summed E-state index contributed by atoms with van der Waals surface area (Å²) in [5.74, 6) is 0.785. The highest BCUT2D eigenvalue weighted by atomic mass is 32.1. The van der Waals surface area contributed by atoms with Crippen molar-refractivity contribution in [3.8, 4) is 0 Å². The van der Waals surface area contributed by atoms with Gasteiger partial charge in [0.1, 0.15) is 5.82 Å². The molecule has 0 fully saturated rings. The number of nitrogens with zero attached hydrogens (tertiary/aromatic N) is 2. The molecule has 4 heteroatoms. The molecule has 0 bridgehead atoms. The molecular formula is C4H7N3S. The maximum atomic E-state index is 5.26. The lowest BCUT2D eigenvalue weighted by Gasteiger charge is -1.91. The molecule has 1 heterocycles. The number of thiol groups is 1. The molecule has 1 aromatic heterocycles. The Kier molecular flexibility index (Phi) is 1.55. The summed E-state index contributed by atoms with van der Waals surface area (Å²) in [5.41, 5.74) is 5.26. The molecule has 2 N–H and O–H groups in total. The fourth-order valence-corrected chi connectivity index (χ4v) is 0.667. The van der Waals surface area contributed by atoms with Gasteiger partial charge in [-0.2, -0.15) is 0 Å². The van der Waals surface area contributed by atoms with E-state index in [1.807, 2.05) is 0 Å². The zero-order valence-electron chi connectivity index (χ0n) is 4.28. The van der Waals surface area contributed by atoms with Crippen molar-refractivity contribution in [2.75, 3.05) is 0 Å². The van der Waals surface area contributed by atoms with E-state index < -0.39 is 0 Å². The normalized spacial score (nSPS) is 9.75. The van der Waals surface area contributed by atoms with Crippen LogP contribution in [-0.4, -0.2) is 8.96 Å². The maximum Gasteiger partial charge on any atom is 0.132 e. The van der Waals surface area contributed by atoms with Crippen LogP contribution in [0.25, 0.3) is 0 Å². The lowest BCUT2D eigenvalue weighted by atomic mass is 10.6. The van der Waals surface area contributed by atoms with Crippen LogP contribution in [0.1, 0.15) is 5.82 Å². The topological polar surface area (TPSA) is 43.8 Å². The summed E-state index contributed by atoms with van der Waals surface area (Å²) in [7, 11) is 0. The third kappa shape index (κ3) is 0.850. The Labute approximate surface area is 53.1 Å². The van der Waals surface area contributed by atoms with Crippen molar-refractivity contribution in [2.45, 2.75) is 6.54 Å². The van der Waals surface area contributed by atoms with E-state index in [2.05, 4.69) is 17.8 Å². The highest BCUT2D eigenvalue weighted by Gasteiger charge is 1.91. The van der Waals surface area contributed by atoms with Crippen molar-refractivity contribution < 1.29 is 0 Å². The smallest absolute Gasteiger partial charge is 0.132 e. The van der Waals surface area contributed by atoms with E-state index >= 15 is 0 Å². The van der Waals surface area contributed by atoms with E-state index in [-0.39, 0.29) is 0 Å². The Bertz CT molecular complexity index is 172. The second-order valence-electron chi connectivity index (χ2n) is 1.39. The summed E-state index contributed by atoms with van der Waals surface area (Å²) in [4.78, 5) is 3.90. The van der Waals surface area contributed by atoms with Crippen molar-refractivity contribution in [2.24, 2.45) is 5.73 Å². The Morgan fingerprint density at radius 1 is 1.88 bits per heavy atom. The van der Waals surface area contributed by atoms with Crippen molar-refractivity contribution in [1.82, 2.24) is 8.96 Å². The highest BCUT2D eigenvalue weighted by molar-refractivity contribution is 7.78. The number of hydrogen-bond acceptors (Lipinski definition) is 3. The molecule has 0 amide bonds. The fourth-order valence-electron chi connectivity index (χ4n) is 0.474. The van der Waals surface area contributed by atoms with Crippen LogP contribution in [-0.2, 0) is 6.54 Å². The van der Waals surface area contributed by atoms with Gasteiger partial charge in [0.2, 0.25) is 0 Å². The van der Waals surface area contributed by atoms with E-state index in [0.29, 0.717) is 6.54 Å². The number of hydrogen-bond donors (Lipinski definition) is 2. The molecule has 3 nitrogen and oxygen atoms in total. The summed E-state index contributed by atoms with van der Waals surface area (Å²) in [6.45, 7) is 0.441. The Morgan fingerprint density at radius 2 is 2.62 bits per heavy atom. The number of nitrogens with two attached hydrogens (primary N) is 1. The summed E-state index contributed by atoms with van der Waals surface area (Å²) < 4.78 is 1.60. The van der Waals surface area contributed by atoms with Gasteiger partial charge in [-0.15, -0.1) is 0 Å². The summed E-state index contributed by atoms with van der Waals surface area (Å²) in [6.07, 6.45) is 3.40. The largest absolute Gasteiger partial charge is 0.324 e. The molecule has 0 radical (unpaired) electrons. The first-order valence-corrected chi connectivity index (χ1v) is 2.66. The van der Waals surface area contributed by atoms with Crippen LogP contribution in [0.15, 0.2) is 12.4 Å². The van der Waals surface area contributed by atoms with Gasteiger partial charge in [-0.1, -0.05) is 12.8 Å². The first-order valence-electron chi connectivity index (χ1n) is 2.26. The number of aromatic nitrogens is 2. The third-order valence-electron chi connectivity index (χ3n) is 0.878. The van der Waals surface area contributed by atoms with Crippen molar-refractivity contribution in [3.63, 3.8) is 0 Å². The first kappa shape index (κ1) is 5.65. The van der Waals surface area contributed by atoms with E-state index in [9.17, 15) is 0 Å². The quantitative estimate of drug-likeness (QED) is 0.525. The predicted octanol–water partition coefficient (Wildman–Crippen LogP) is 0.0347. The minimum absolute atomic E-state index is 0.441. The van der Waals surface area contributed by atoms with Crippen molar-refractivity contribution in [3.05, 3.63) is 18.2 Å². The van der Waals surface area contributed by atoms with E-state index in [1.165, 1.54) is 0 Å². The van der Waals surface area contributed by atoms with Crippen molar-refractivity contribution in [1.29, 1.82) is 0 Å². The predicted molar refractivity (Wildman–Crippen MR) is 34.5 cm³/mol. The first-order chi connectivity index (χ1) is 3.84. The van der Waals surface area contributed by atoms with Crippen LogP contribution in [0.4, 0.5) is 0 Å². The molecule has 0 spiro atoms. The lowest BCUT2D eigenvalue weighted by molar-refractivity contribution is 0.928. The Morgan fingerprint density at radius 3 is 2.88 bits per heavy atom. The molecule has 0 aliphatic rings. The maximum absolute atomic E-state index is 5.26. The molecule has 8 heavy (non-hydrogen) atoms. The number of imidazole rings is 1. The van der Waals surface area contributed by atoms with Gasteiger partial charge >= 0.3 is 0 Å². The van der Waals surface area contributed by atoms with Gasteiger partial charge in [0.25, 0.3) is 0 Å². The van der Waals surface area contributed by atoms with E-state index in [0.717, 1.165) is 5.82 Å². The lowest BCUT2D eigenvalue weighted by Crippen LogP contribution is -2.01. The highest BCUT2D eigenvalue weighted by Crippen LogP contribution is 1.95. The second-order valence-corrected chi connectivity index (χ2v) is 1.82. The van der Waals surface area contributed by atoms with Gasteiger partial charge in [-0.25, -0.2) is 4.98 Å².